The summed E-state index contributed by atoms with van der Waals surface area (Å²) in [5.41, 5.74) is 5.47. The monoisotopic (exact) mass is 535 g/mol. The first-order chi connectivity index (χ1) is 19.0. The third kappa shape index (κ3) is 4.39. The third-order valence-corrected chi connectivity index (χ3v) is 7.54. The fraction of sp³-hybridized carbons (Fsp3) is 0.152. The predicted molar refractivity (Wildman–Crippen MR) is 153 cm³/mol. The number of dihydropyridines is 1. The van der Waals surface area contributed by atoms with Crippen LogP contribution in [-0.2, 0) is 16.1 Å². The van der Waals surface area contributed by atoms with Crippen molar-refractivity contribution in [1.82, 2.24) is 5.32 Å². The molecule has 0 radical (unpaired) electrons. The highest BCUT2D eigenvalue weighted by molar-refractivity contribution is 6.32. The van der Waals surface area contributed by atoms with Crippen LogP contribution in [0.15, 0.2) is 102 Å². The molecule has 0 spiro atoms. The molecule has 1 atom stereocenters. The number of ether oxygens (including phenoxy) is 2. The molecule has 0 fully saturated rings. The maximum Gasteiger partial charge on any atom is 0.336 e. The minimum atomic E-state index is -0.632. The molecule has 194 valence electrons. The van der Waals surface area contributed by atoms with Crippen LogP contribution in [0.3, 0.4) is 0 Å². The SMILES string of the molecule is CCOC(=O)C1=C(C)NC2=C(C(=O)c3ccccc32)[C@@H]1c1ccc(OCc2ccc3ccccc3c2)c(Cl)c1. The van der Waals surface area contributed by atoms with Gasteiger partial charge in [-0.3, -0.25) is 4.79 Å². The van der Waals surface area contributed by atoms with Crippen molar-refractivity contribution in [3.8, 4) is 5.75 Å². The van der Waals surface area contributed by atoms with Gasteiger partial charge >= 0.3 is 5.97 Å². The van der Waals surface area contributed by atoms with E-state index in [4.69, 9.17) is 21.1 Å². The van der Waals surface area contributed by atoms with Crippen molar-refractivity contribution in [2.45, 2.75) is 26.4 Å². The Morgan fingerprint density at radius 3 is 2.44 bits per heavy atom. The number of rotatable bonds is 6. The highest BCUT2D eigenvalue weighted by Crippen LogP contribution is 2.47. The van der Waals surface area contributed by atoms with Crippen LogP contribution in [-0.4, -0.2) is 18.4 Å². The minimum absolute atomic E-state index is 0.111. The Balaban J connectivity index is 1.35. The highest BCUT2D eigenvalue weighted by atomic mass is 35.5. The van der Waals surface area contributed by atoms with E-state index in [9.17, 15) is 9.59 Å². The van der Waals surface area contributed by atoms with Crippen molar-refractivity contribution >= 4 is 39.8 Å². The van der Waals surface area contributed by atoms with Gasteiger partial charge in [0.05, 0.1) is 22.9 Å². The Labute approximate surface area is 231 Å². The molecule has 6 rings (SSSR count). The number of Topliss-reactive ketones (excluding diaryl/α,β-unsaturated/α-hetero) is 1. The van der Waals surface area contributed by atoms with Crippen LogP contribution in [0.4, 0.5) is 0 Å². The molecular formula is C33H26ClNO4. The van der Waals surface area contributed by atoms with Crippen molar-refractivity contribution < 1.29 is 19.1 Å². The van der Waals surface area contributed by atoms with Crippen molar-refractivity contribution in [2.75, 3.05) is 6.61 Å². The molecule has 5 nitrogen and oxygen atoms in total. The number of allylic oxidation sites excluding steroid dienone is 2. The molecule has 1 aliphatic carbocycles. The van der Waals surface area contributed by atoms with E-state index in [1.165, 1.54) is 5.39 Å². The Bertz CT molecular complexity index is 1720. The number of esters is 1. The Hall–Kier alpha value is -4.35. The Kier molecular flexibility index (Phi) is 6.45. The number of halogens is 1. The molecule has 2 aliphatic rings. The first-order valence-electron chi connectivity index (χ1n) is 12.9. The summed E-state index contributed by atoms with van der Waals surface area (Å²) in [5, 5.41) is 6.03. The lowest BCUT2D eigenvalue weighted by molar-refractivity contribution is -0.138. The van der Waals surface area contributed by atoms with Crippen molar-refractivity contribution in [2.24, 2.45) is 0 Å². The van der Waals surface area contributed by atoms with Crippen LogP contribution in [0, 0.1) is 0 Å². The summed E-state index contributed by atoms with van der Waals surface area (Å²) in [6.07, 6.45) is 0. The number of hydrogen-bond acceptors (Lipinski definition) is 5. The van der Waals surface area contributed by atoms with E-state index in [0.717, 1.165) is 27.8 Å². The summed E-state index contributed by atoms with van der Waals surface area (Å²) in [6, 6.07) is 27.3. The molecule has 0 bridgehead atoms. The van der Waals surface area contributed by atoms with Gasteiger partial charge in [-0.05, 0) is 53.9 Å². The number of ketones is 1. The van der Waals surface area contributed by atoms with E-state index < -0.39 is 11.9 Å². The van der Waals surface area contributed by atoms with E-state index in [0.29, 0.717) is 39.8 Å². The van der Waals surface area contributed by atoms with Crippen molar-refractivity contribution in [3.63, 3.8) is 0 Å². The number of nitrogens with one attached hydrogen (secondary N) is 1. The molecule has 0 saturated carbocycles. The van der Waals surface area contributed by atoms with Gasteiger partial charge in [-0.2, -0.15) is 0 Å². The maximum absolute atomic E-state index is 13.6. The number of hydrogen-bond donors (Lipinski definition) is 1. The zero-order chi connectivity index (χ0) is 27.1. The number of benzene rings is 4. The number of carbonyl (C=O) groups is 2. The smallest absolute Gasteiger partial charge is 0.336 e. The fourth-order valence-electron chi connectivity index (χ4n) is 5.45. The van der Waals surface area contributed by atoms with Crippen molar-refractivity contribution in [1.29, 1.82) is 0 Å². The third-order valence-electron chi connectivity index (χ3n) is 7.24. The second-order valence-corrected chi connectivity index (χ2v) is 10.0. The molecule has 1 N–H and O–H groups in total. The number of fused-ring (bicyclic) bond motifs is 3. The molecular weight excluding hydrogens is 510 g/mol. The summed E-state index contributed by atoms with van der Waals surface area (Å²) < 4.78 is 11.5. The molecule has 0 unspecified atom stereocenters. The average Bonchev–Trinajstić information content (AvgIpc) is 3.23. The van der Waals surface area contributed by atoms with E-state index in [-0.39, 0.29) is 12.4 Å². The first kappa shape index (κ1) is 25.0. The summed E-state index contributed by atoms with van der Waals surface area (Å²) in [7, 11) is 0. The normalized spacial score (nSPS) is 16.2. The lowest BCUT2D eigenvalue weighted by atomic mass is 9.80. The molecule has 0 aromatic heterocycles. The van der Waals surface area contributed by atoms with Crippen molar-refractivity contribution in [3.05, 3.63) is 129 Å². The second-order valence-electron chi connectivity index (χ2n) is 9.64. The minimum Gasteiger partial charge on any atom is -0.487 e. The molecule has 1 heterocycles. The van der Waals surface area contributed by atoms with Gasteiger partial charge < -0.3 is 14.8 Å². The predicted octanol–water partition coefficient (Wildman–Crippen LogP) is 7.20. The van der Waals surface area contributed by atoms with E-state index >= 15 is 0 Å². The van der Waals surface area contributed by atoms with E-state index in [2.05, 4.69) is 29.6 Å². The molecule has 0 saturated heterocycles. The van der Waals surface area contributed by atoms with Crippen LogP contribution in [0.2, 0.25) is 5.02 Å². The summed E-state index contributed by atoms with van der Waals surface area (Å²) in [5.74, 6) is -0.681. The van der Waals surface area contributed by atoms with Gasteiger partial charge in [0.1, 0.15) is 12.4 Å². The Morgan fingerprint density at radius 2 is 1.67 bits per heavy atom. The quantitative estimate of drug-likeness (QED) is 0.264. The van der Waals surface area contributed by atoms with Crippen LogP contribution >= 0.6 is 11.6 Å². The van der Waals surface area contributed by atoms with Gasteiger partial charge in [0.25, 0.3) is 0 Å². The first-order valence-corrected chi connectivity index (χ1v) is 13.3. The molecule has 6 heteroatoms. The zero-order valence-electron chi connectivity index (χ0n) is 21.6. The van der Waals surface area contributed by atoms with Gasteiger partial charge in [-0.15, -0.1) is 0 Å². The van der Waals surface area contributed by atoms with E-state index in [1.54, 1.807) is 19.1 Å². The molecule has 1 aliphatic heterocycles. The van der Waals surface area contributed by atoms with Crippen LogP contribution in [0.5, 0.6) is 5.75 Å². The van der Waals surface area contributed by atoms with Gasteiger partial charge in [-0.1, -0.05) is 78.3 Å². The number of carbonyl (C=O) groups excluding carboxylic acids is 2. The fourth-order valence-corrected chi connectivity index (χ4v) is 5.69. The van der Waals surface area contributed by atoms with Gasteiger partial charge in [0.15, 0.2) is 5.78 Å². The summed E-state index contributed by atoms with van der Waals surface area (Å²) in [4.78, 5) is 26.8. The summed E-state index contributed by atoms with van der Waals surface area (Å²) >= 11 is 6.73. The van der Waals surface area contributed by atoms with Gasteiger partial charge in [0, 0.05) is 28.3 Å². The second kappa shape index (κ2) is 10.1. The average molecular weight is 536 g/mol. The molecule has 4 aromatic carbocycles. The molecule has 0 amide bonds. The largest absolute Gasteiger partial charge is 0.487 e. The lowest BCUT2D eigenvalue weighted by Crippen LogP contribution is -2.29. The topological polar surface area (TPSA) is 64.6 Å². The van der Waals surface area contributed by atoms with Gasteiger partial charge in [0.2, 0.25) is 0 Å². The maximum atomic E-state index is 13.6. The summed E-state index contributed by atoms with van der Waals surface area (Å²) in [6.45, 7) is 4.17. The Morgan fingerprint density at radius 1 is 0.923 bits per heavy atom. The molecule has 39 heavy (non-hydrogen) atoms. The lowest BCUT2D eigenvalue weighted by Gasteiger charge is -2.29. The molecule has 4 aromatic rings. The zero-order valence-corrected chi connectivity index (χ0v) is 22.3. The van der Waals surface area contributed by atoms with Crippen LogP contribution in [0.1, 0.15) is 46.8 Å². The van der Waals surface area contributed by atoms with Gasteiger partial charge in [-0.25, -0.2) is 4.79 Å². The standard InChI is InChI=1S/C33H26ClNO4/c1-3-38-33(37)28-19(2)35-31-24-10-6-7-11-25(24)32(36)30(31)29(28)23-14-15-27(26(34)17-23)39-18-20-12-13-21-8-4-5-9-22(21)16-20/h4-17,29,35H,3,18H2,1-2H3/t29-/m1/s1. The van der Waals surface area contributed by atoms with Crippen LogP contribution < -0.4 is 10.1 Å². The van der Waals surface area contributed by atoms with E-state index in [1.807, 2.05) is 55.5 Å². The highest BCUT2D eigenvalue weighted by Gasteiger charge is 2.43. The van der Waals surface area contributed by atoms with Crippen LogP contribution in [0.25, 0.3) is 16.5 Å².